The lowest BCUT2D eigenvalue weighted by molar-refractivity contribution is -0.142. The normalized spacial score (nSPS) is 11.3. The molecule has 10 nitrogen and oxygen atoms in total. The first-order valence-electron chi connectivity index (χ1n) is 13.5. The fourth-order valence-electron chi connectivity index (χ4n) is 4.21. The van der Waals surface area contributed by atoms with Crippen molar-refractivity contribution in [3.8, 4) is 0 Å². The van der Waals surface area contributed by atoms with E-state index < -0.39 is 23.9 Å². The molecule has 0 aliphatic carbocycles. The molecule has 0 fully saturated rings. The average Bonchev–Trinajstić information content (AvgIpc) is 2.78. The number of nitrogens with zero attached hydrogens (tertiary/aromatic N) is 2. The van der Waals surface area contributed by atoms with Crippen molar-refractivity contribution in [3.05, 3.63) is 0 Å². The molecular formula is C26H48N2O8. The molecule has 210 valence electrons. The molecular weight excluding hydrogens is 468 g/mol. The van der Waals surface area contributed by atoms with E-state index in [-0.39, 0.29) is 25.9 Å². The smallest absolute Gasteiger partial charge is 0.317 e. The van der Waals surface area contributed by atoms with E-state index in [1.165, 1.54) is 4.90 Å². The molecule has 0 atom stereocenters. The van der Waals surface area contributed by atoms with Crippen LogP contribution in [-0.2, 0) is 19.2 Å². The minimum atomic E-state index is -1.03. The summed E-state index contributed by atoms with van der Waals surface area (Å²) in [6.07, 6.45) is 14.5. The van der Waals surface area contributed by atoms with Gasteiger partial charge in [-0.05, 0) is 38.8 Å². The lowest BCUT2D eigenvalue weighted by Crippen LogP contribution is -2.41. The molecule has 0 aromatic heterocycles. The lowest BCUT2D eigenvalue weighted by Gasteiger charge is -2.26. The van der Waals surface area contributed by atoms with Crippen LogP contribution in [0.4, 0.5) is 0 Å². The SMILES string of the molecule is O=C(O)CCCCCCCCCN(CCCCCCCCCC(=O)O)CCN(CC(=O)O)CC(=O)O. The number of rotatable bonds is 27. The van der Waals surface area contributed by atoms with E-state index in [2.05, 4.69) is 4.90 Å². The molecule has 0 saturated heterocycles. The maximum atomic E-state index is 11.1. The van der Waals surface area contributed by atoms with Crippen LogP contribution in [0.15, 0.2) is 0 Å². The van der Waals surface area contributed by atoms with Crippen molar-refractivity contribution in [1.29, 1.82) is 0 Å². The third kappa shape index (κ3) is 24.9. The highest BCUT2D eigenvalue weighted by atomic mass is 16.4. The molecule has 0 spiro atoms. The van der Waals surface area contributed by atoms with Crippen molar-refractivity contribution >= 4 is 23.9 Å². The van der Waals surface area contributed by atoms with Gasteiger partial charge in [0.15, 0.2) is 0 Å². The molecule has 0 amide bonds. The standard InChI is InChI=1S/C26H48N2O8/c29-23(30)15-11-7-3-1-5-9-13-17-27(19-20-28(21-25(33)34)22-26(35)36)18-14-10-6-2-4-8-12-16-24(31)32/h1-22H2,(H,29,30)(H,31,32)(H,33,34)(H,35,36). The Balaban J connectivity index is 4.29. The highest BCUT2D eigenvalue weighted by molar-refractivity contribution is 5.72. The number of carbonyl (C=O) groups is 4. The predicted octanol–water partition coefficient (Wildman–Crippen LogP) is 4.17. The first kappa shape index (κ1) is 33.8. The van der Waals surface area contributed by atoms with Gasteiger partial charge < -0.3 is 25.3 Å². The van der Waals surface area contributed by atoms with Gasteiger partial charge in [0.05, 0.1) is 13.1 Å². The Kier molecular flexibility index (Phi) is 21.8. The summed E-state index contributed by atoms with van der Waals surface area (Å²) >= 11 is 0. The quantitative estimate of drug-likeness (QED) is 0.117. The van der Waals surface area contributed by atoms with Gasteiger partial charge in [-0.25, -0.2) is 0 Å². The Morgan fingerprint density at radius 2 is 0.667 bits per heavy atom. The van der Waals surface area contributed by atoms with Crippen LogP contribution in [0.5, 0.6) is 0 Å². The van der Waals surface area contributed by atoms with Crippen molar-refractivity contribution in [2.75, 3.05) is 39.3 Å². The van der Waals surface area contributed by atoms with Gasteiger partial charge in [0, 0.05) is 25.9 Å². The Morgan fingerprint density at radius 1 is 0.361 bits per heavy atom. The highest BCUT2D eigenvalue weighted by Crippen LogP contribution is 2.11. The zero-order valence-electron chi connectivity index (χ0n) is 21.9. The maximum absolute atomic E-state index is 11.1. The molecule has 0 saturated carbocycles. The molecule has 36 heavy (non-hydrogen) atoms. The van der Waals surface area contributed by atoms with Crippen LogP contribution >= 0.6 is 0 Å². The van der Waals surface area contributed by atoms with Crippen molar-refractivity contribution < 1.29 is 39.6 Å². The fourth-order valence-corrected chi connectivity index (χ4v) is 4.21. The predicted molar refractivity (Wildman–Crippen MR) is 137 cm³/mol. The molecule has 0 heterocycles. The van der Waals surface area contributed by atoms with Crippen LogP contribution in [0.25, 0.3) is 0 Å². The van der Waals surface area contributed by atoms with Crippen molar-refractivity contribution in [3.63, 3.8) is 0 Å². The second-order valence-corrected chi connectivity index (χ2v) is 9.58. The summed E-state index contributed by atoms with van der Waals surface area (Å²) in [6, 6.07) is 0. The number of hydrogen-bond acceptors (Lipinski definition) is 6. The minimum Gasteiger partial charge on any atom is -0.481 e. The van der Waals surface area contributed by atoms with Gasteiger partial charge in [0.1, 0.15) is 0 Å². The molecule has 4 N–H and O–H groups in total. The molecule has 0 aromatic carbocycles. The van der Waals surface area contributed by atoms with Crippen molar-refractivity contribution in [2.45, 2.75) is 103 Å². The van der Waals surface area contributed by atoms with E-state index in [0.29, 0.717) is 13.1 Å². The highest BCUT2D eigenvalue weighted by Gasteiger charge is 2.15. The van der Waals surface area contributed by atoms with E-state index in [9.17, 15) is 19.2 Å². The number of hydrogen-bond donors (Lipinski definition) is 4. The van der Waals surface area contributed by atoms with Crippen molar-refractivity contribution in [1.82, 2.24) is 9.80 Å². The minimum absolute atomic E-state index is 0.237. The molecule has 0 unspecified atom stereocenters. The molecule has 0 aliphatic rings. The Bertz CT molecular complexity index is 567. The number of carboxylic acid groups (broad SMARTS) is 4. The molecule has 10 heteroatoms. The first-order valence-corrected chi connectivity index (χ1v) is 13.5. The number of unbranched alkanes of at least 4 members (excludes halogenated alkanes) is 12. The number of aliphatic carboxylic acids is 4. The summed E-state index contributed by atoms with van der Waals surface area (Å²) in [5, 5.41) is 35.5. The second kappa shape index (κ2) is 23.2. The topological polar surface area (TPSA) is 156 Å². The Morgan fingerprint density at radius 3 is 1.00 bits per heavy atom. The van der Waals surface area contributed by atoms with Gasteiger partial charge in [-0.1, -0.05) is 64.2 Å². The van der Waals surface area contributed by atoms with Crippen LogP contribution in [0.3, 0.4) is 0 Å². The van der Waals surface area contributed by atoms with Gasteiger partial charge in [-0.3, -0.25) is 24.1 Å². The van der Waals surface area contributed by atoms with Crippen LogP contribution < -0.4 is 0 Å². The Hall–Kier alpha value is -2.20. The molecule has 0 radical (unpaired) electrons. The summed E-state index contributed by atoms with van der Waals surface area (Å²) in [5.74, 6) is -3.55. The van der Waals surface area contributed by atoms with Gasteiger partial charge >= 0.3 is 23.9 Å². The third-order valence-corrected chi connectivity index (χ3v) is 6.18. The van der Waals surface area contributed by atoms with E-state index in [4.69, 9.17) is 20.4 Å². The van der Waals surface area contributed by atoms with Crippen LogP contribution in [0.2, 0.25) is 0 Å². The van der Waals surface area contributed by atoms with Gasteiger partial charge in [-0.2, -0.15) is 0 Å². The van der Waals surface area contributed by atoms with E-state index in [0.717, 1.165) is 103 Å². The molecule has 0 aliphatic heterocycles. The third-order valence-electron chi connectivity index (χ3n) is 6.18. The van der Waals surface area contributed by atoms with Crippen LogP contribution in [0, 0.1) is 0 Å². The van der Waals surface area contributed by atoms with Crippen molar-refractivity contribution in [2.24, 2.45) is 0 Å². The summed E-state index contributed by atoms with van der Waals surface area (Å²) in [5.41, 5.74) is 0. The fraction of sp³-hybridized carbons (Fsp3) is 0.846. The number of carboxylic acids is 4. The summed E-state index contributed by atoms with van der Waals surface area (Å²) in [6.45, 7) is 2.23. The van der Waals surface area contributed by atoms with E-state index in [1.54, 1.807) is 0 Å². The molecule has 0 aromatic rings. The summed E-state index contributed by atoms with van der Waals surface area (Å²) in [7, 11) is 0. The zero-order chi connectivity index (χ0) is 27.0. The molecule has 0 rings (SSSR count). The van der Waals surface area contributed by atoms with Crippen LogP contribution in [0.1, 0.15) is 103 Å². The first-order chi connectivity index (χ1) is 17.2. The van der Waals surface area contributed by atoms with E-state index >= 15 is 0 Å². The second-order valence-electron chi connectivity index (χ2n) is 9.58. The summed E-state index contributed by atoms with van der Waals surface area (Å²) < 4.78 is 0. The average molecular weight is 517 g/mol. The maximum Gasteiger partial charge on any atom is 0.317 e. The zero-order valence-corrected chi connectivity index (χ0v) is 21.9. The van der Waals surface area contributed by atoms with E-state index in [1.807, 2.05) is 0 Å². The Labute approximate surface area is 215 Å². The molecule has 0 bridgehead atoms. The van der Waals surface area contributed by atoms with Gasteiger partial charge in [0.25, 0.3) is 0 Å². The van der Waals surface area contributed by atoms with Crippen LogP contribution in [-0.4, -0.2) is 93.4 Å². The largest absolute Gasteiger partial charge is 0.481 e. The lowest BCUT2D eigenvalue weighted by atomic mass is 10.1. The monoisotopic (exact) mass is 516 g/mol. The van der Waals surface area contributed by atoms with Gasteiger partial charge in [-0.15, -0.1) is 0 Å². The van der Waals surface area contributed by atoms with Gasteiger partial charge in [0.2, 0.25) is 0 Å². The summed E-state index contributed by atoms with van der Waals surface area (Å²) in [4.78, 5) is 47.0.